The smallest absolute Gasteiger partial charge is 0.147 e. The zero-order valence-electron chi connectivity index (χ0n) is 11.2. The van der Waals surface area contributed by atoms with Crippen LogP contribution in [0.2, 0.25) is 5.02 Å². The van der Waals surface area contributed by atoms with Crippen LogP contribution in [0.4, 0.5) is 5.82 Å². The second kappa shape index (κ2) is 5.43. The van der Waals surface area contributed by atoms with E-state index in [4.69, 9.17) is 17.3 Å². The van der Waals surface area contributed by atoms with Gasteiger partial charge in [-0.25, -0.2) is 4.98 Å². The molecule has 18 heavy (non-hydrogen) atoms. The van der Waals surface area contributed by atoms with Crippen molar-refractivity contribution in [2.75, 3.05) is 25.0 Å². The molecule has 0 saturated carbocycles. The summed E-state index contributed by atoms with van der Waals surface area (Å²) in [5.74, 6) is 0.867. The summed E-state index contributed by atoms with van der Waals surface area (Å²) >= 11 is 6.38. The maximum absolute atomic E-state index is 6.38. The van der Waals surface area contributed by atoms with Crippen LogP contribution in [0.1, 0.15) is 19.4 Å². The van der Waals surface area contributed by atoms with Crippen LogP contribution in [0, 0.1) is 0 Å². The van der Waals surface area contributed by atoms with Crippen molar-refractivity contribution in [3.8, 4) is 0 Å². The first-order valence-electron chi connectivity index (χ1n) is 6.35. The Bertz CT molecular complexity index is 411. The summed E-state index contributed by atoms with van der Waals surface area (Å²) in [6.07, 6.45) is 1.79. The van der Waals surface area contributed by atoms with Crippen LogP contribution >= 0.6 is 11.6 Å². The zero-order chi connectivity index (χ0) is 13.3. The van der Waals surface area contributed by atoms with Crippen molar-refractivity contribution in [3.05, 3.63) is 22.8 Å². The summed E-state index contributed by atoms with van der Waals surface area (Å²) in [4.78, 5) is 9.07. The normalized spacial score (nSPS) is 25.5. The molecule has 5 heteroatoms. The number of nitrogens with two attached hydrogens (primary N) is 1. The molecule has 0 aliphatic carbocycles. The number of piperazine rings is 1. The van der Waals surface area contributed by atoms with Gasteiger partial charge < -0.3 is 10.6 Å². The minimum Gasteiger partial charge on any atom is -0.352 e. The molecule has 1 aliphatic heterocycles. The van der Waals surface area contributed by atoms with Crippen LogP contribution in [-0.2, 0) is 6.54 Å². The molecule has 0 spiro atoms. The number of hydrogen-bond acceptors (Lipinski definition) is 4. The third-order valence-electron chi connectivity index (χ3n) is 3.83. The van der Waals surface area contributed by atoms with E-state index in [1.165, 1.54) is 0 Å². The molecular weight excluding hydrogens is 248 g/mol. The van der Waals surface area contributed by atoms with E-state index in [1.807, 2.05) is 6.07 Å². The SMILES string of the molecule is CC1CN(c2nccc(CN)c2Cl)CC(C)N1C. The Morgan fingerprint density at radius 3 is 2.56 bits per heavy atom. The first-order chi connectivity index (χ1) is 8.54. The summed E-state index contributed by atoms with van der Waals surface area (Å²) in [5, 5.41) is 0.698. The van der Waals surface area contributed by atoms with Gasteiger partial charge in [0, 0.05) is 37.9 Å². The van der Waals surface area contributed by atoms with Crippen LogP contribution in [-0.4, -0.2) is 42.1 Å². The maximum atomic E-state index is 6.38. The van der Waals surface area contributed by atoms with Gasteiger partial charge in [-0.3, -0.25) is 4.90 Å². The number of pyridine rings is 1. The lowest BCUT2D eigenvalue weighted by molar-refractivity contribution is 0.169. The molecule has 2 heterocycles. The molecule has 0 aromatic carbocycles. The molecule has 2 atom stereocenters. The summed E-state index contributed by atoms with van der Waals surface area (Å²) in [7, 11) is 2.16. The molecule has 1 aromatic rings. The highest BCUT2D eigenvalue weighted by molar-refractivity contribution is 6.33. The second-order valence-corrected chi connectivity index (χ2v) is 5.46. The Morgan fingerprint density at radius 1 is 1.39 bits per heavy atom. The van der Waals surface area contributed by atoms with Gasteiger partial charge in [-0.2, -0.15) is 0 Å². The number of nitrogens with zero attached hydrogens (tertiary/aromatic N) is 3. The number of halogens is 1. The quantitative estimate of drug-likeness (QED) is 0.887. The molecule has 2 N–H and O–H groups in total. The Kier molecular flexibility index (Phi) is 4.10. The van der Waals surface area contributed by atoms with Crippen LogP contribution in [0.15, 0.2) is 12.3 Å². The van der Waals surface area contributed by atoms with E-state index in [2.05, 4.69) is 35.7 Å². The summed E-state index contributed by atoms with van der Waals surface area (Å²) in [6.45, 7) is 6.79. The zero-order valence-corrected chi connectivity index (χ0v) is 12.0. The standard InChI is InChI=1S/C13H21ClN4/c1-9-7-18(8-10(2)17(9)3)13-12(14)11(6-15)4-5-16-13/h4-5,9-10H,6-8,15H2,1-3H3. The van der Waals surface area contributed by atoms with E-state index < -0.39 is 0 Å². The fourth-order valence-electron chi connectivity index (χ4n) is 2.43. The summed E-state index contributed by atoms with van der Waals surface area (Å²) in [5.41, 5.74) is 6.65. The van der Waals surface area contributed by atoms with Gasteiger partial charge in [-0.1, -0.05) is 11.6 Å². The molecule has 0 amide bonds. The monoisotopic (exact) mass is 268 g/mol. The number of hydrogen-bond donors (Lipinski definition) is 1. The van der Waals surface area contributed by atoms with Crippen LogP contribution in [0.5, 0.6) is 0 Å². The Hall–Kier alpha value is -0.840. The lowest BCUT2D eigenvalue weighted by Gasteiger charge is -2.43. The first-order valence-corrected chi connectivity index (χ1v) is 6.72. The third-order valence-corrected chi connectivity index (χ3v) is 4.24. The lowest BCUT2D eigenvalue weighted by atomic mass is 10.1. The minimum absolute atomic E-state index is 0.452. The van der Waals surface area contributed by atoms with E-state index in [0.29, 0.717) is 23.7 Å². The average Bonchev–Trinajstić information content (AvgIpc) is 2.35. The van der Waals surface area contributed by atoms with E-state index in [-0.39, 0.29) is 0 Å². The molecule has 2 unspecified atom stereocenters. The predicted molar refractivity (Wildman–Crippen MR) is 76.0 cm³/mol. The van der Waals surface area contributed by atoms with Crippen molar-refractivity contribution in [3.63, 3.8) is 0 Å². The molecule has 0 radical (unpaired) electrons. The molecular formula is C13H21ClN4. The van der Waals surface area contributed by atoms with Gasteiger partial charge in [0.05, 0.1) is 5.02 Å². The fraction of sp³-hybridized carbons (Fsp3) is 0.615. The maximum Gasteiger partial charge on any atom is 0.147 e. The van der Waals surface area contributed by atoms with E-state index in [9.17, 15) is 0 Å². The number of anilines is 1. The highest BCUT2D eigenvalue weighted by Gasteiger charge is 2.28. The highest BCUT2D eigenvalue weighted by atomic mass is 35.5. The Morgan fingerprint density at radius 2 is 2.00 bits per heavy atom. The van der Waals surface area contributed by atoms with Crippen molar-refractivity contribution in [2.24, 2.45) is 5.73 Å². The second-order valence-electron chi connectivity index (χ2n) is 5.08. The van der Waals surface area contributed by atoms with Gasteiger partial charge in [0.15, 0.2) is 0 Å². The van der Waals surface area contributed by atoms with Crippen LogP contribution in [0.3, 0.4) is 0 Å². The fourth-order valence-corrected chi connectivity index (χ4v) is 2.74. The third kappa shape index (κ3) is 2.46. The molecule has 2 rings (SSSR count). The largest absolute Gasteiger partial charge is 0.352 e. The molecule has 1 aromatic heterocycles. The van der Waals surface area contributed by atoms with Gasteiger partial charge in [0.25, 0.3) is 0 Å². The molecule has 100 valence electrons. The number of likely N-dealkylation sites (N-methyl/N-ethyl adjacent to an activating group) is 1. The highest BCUT2D eigenvalue weighted by Crippen LogP contribution is 2.29. The number of aromatic nitrogens is 1. The molecule has 1 aliphatic rings. The van der Waals surface area contributed by atoms with E-state index in [1.54, 1.807) is 6.20 Å². The van der Waals surface area contributed by atoms with Crippen LogP contribution < -0.4 is 10.6 Å². The molecule has 4 nitrogen and oxygen atoms in total. The van der Waals surface area contributed by atoms with Crippen molar-refractivity contribution in [1.82, 2.24) is 9.88 Å². The first kappa shape index (κ1) is 13.6. The Labute approximate surface area is 114 Å². The summed E-state index contributed by atoms with van der Waals surface area (Å²) < 4.78 is 0. The van der Waals surface area contributed by atoms with Gasteiger partial charge >= 0.3 is 0 Å². The molecule has 1 saturated heterocycles. The number of rotatable bonds is 2. The Balaban J connectivity index is 2.27. The van der Waals surface area contributed by atoms with Crippen molar-refractivity contribution >= 4 is 17.4 Å². The van der Waals surface area contributed by atoms with Gasteiger partial charge in [0.2, 0.25) is 0 Å². The van der Waals surface area contributed by atoms with Crippen molar-refractivity contribution < 1.29 is 0 Å². The van der Waals surface area contributed by atoms with Gasteiger partial charge in [-0.05, 0) is 32.5 Å². The van der Waals surface area contributed by atoms with Gasteiger partial charge in [-0.15, -0.1) is 0 Å². The minimum atomic E-state index is 0.452. The predicted octanol–water partition coefficient (Wildman–Crippen LogP) is 1.72. The average molecular weight is 269 g/mol. The van der Waals surface area contributed by atoms with Crippen LogP contribution in [0.25, 0.3) is 0 Å². The van der Waals surface area contributed by atoms with E-state index in [0.717, 1.165) is 24.5 Å². The lowest BCUT2D eigenvalue weighted by Crippen LogP contribution is -2.55. The molecule has 0 bridgehead atoms. The topological polar surface area (TPSA) is 45.4 Å². The summed E-state index contributed by atoms with van der Waals surface area (Å²) in [6, 6.07) is 2.87. The van der Waals surface area contributed by atoms with Crippen molar-refractivity contribution in [2.45, 2.75) is 32.5 Å². The van der Waals surface area contributed by atoms with Gasteiger partial charge in [0.1, 0.15) is 5.82 Å². The molecule has 1 fully saturated rings. The van der Waals surface area contributed by atoms with E-state index >= 15 is 0 Å². The van der Waals surface area contributed by atoms with Crippen molar-refractivity contribution in [1.29, 1.82) is 0 Å².